The van der Waals surface area contributed by atoms with E-state index in [2.05, 4.69) is 32.5 Å². The highest BCUT2D eigenvalue weighted by Crippen LogP contribution is 2.19. The average molecular weight is 344 g/mol. The van der Waals surface area contributed by atoms with Crippen molar-refractivity contribution in [1.82, 2.24) is 9.97 Å². The van der Waals surface area contributed by atoms with Crippen LogP contribution < -0.4 is 4.90 Å². The van der Waals surface area contributed by atoms with Gasteiger partial charge in [-0.05, 0) is 29.8 Å². The number of ether oxygens (including phenoxy) is 1. The number of aromatic nitrogens is 2. The molecule has 0 unspecified atom stereocenters. The molecular formula is C12H14BrN3O4. The van der Waals surface area contributed by atoms with Gasteiger partial charge in [-0.3, -0.25) is 0 Å². The van der Waals surface area contributed by atoms with Crippen LogP contribution in [0.25, 0.3) is 0 Å². The van der Waals surface area contributed by atoms with Gasteiger partial charge in [0, 0.05) is 12.2 Å². The standard InChI is InChI=1S/C12H14BrN3O4/c1-4-5-20-12(19)16(7(2)3)11-14-6-8(13)9(15-11)10(17)18/h4,6-7H,1,5H2,2-3H3,(H,17,18). The van der Waals surface area contributed by atoms with E-state index in [1.165, 1.54) is 17.2 Å². The van der Waals surface area contributed by atoms with E-state index < -0.39 is 12.1 Å². The molecule has 0 fully saturated rings. The smallest absolute Gasteiger partial charge is 0.417 e. The number of rotatable bonds is 5. The van der Waals surface area contributed by atoms with Gasteiger partial charge in [-0.25, -0.2) is 24.5 Å². The van der Waals surface area contributed by atoms with Crippen LogP contribution in [0.3, 0.4) is 0 Å². The number of anilines is 1. The number of carbonyl (C=O) groups is 2. The zero-order valence-electron chi connectivity index (χ0n) is 11.0. The Labute approximate surface area is 124 Å². The van der Waals surface area contributed by atoms with Gasteiger partial charge in [0.05, 0.1) is 4.47 Å². The van der Waals surface area contributed by atoms with Gasteiger partial charge in [-0.1, -0.05) is 12.7 Å². The molecule has 1 amide bonds. The summed E-state index contributed by atoms with van der Waals surface area (Å²) in [6.45, 7) is 6.97. The van der Waals surface area contributed by atoms with E-state index in [0.29, 0.717) is 0 Å². The molecule has 1 aromatic rings. The Bertz CT molecular complexity index is 533. The van der Waals surface area contributed by atoms with E-state index >= 15 is 0 Å². The molecular weight excluding hydrogens is 330 g/mol. The molecule has 0 saturated carbocycles. The molecule has 1 N–H and O–H groups in total. The SMILES string of the molecule is C=CCOC(=O)N(c1ncc(Br)c(C(=O)O)n1)C(C)C. The highest BCUT2D eigenvalue weighted by molar-refractivity contribution is 9.10. The van der Waals surface area contributed by atoms with Gasteiger partial charge in [0.15, 0.2) is 5.69 Å². The van der Waals surface area contributed by atoms with Gasteiger partial charge >= 0.3 is 12.1 Å². The molecule has 0 saturated heterocycles. The van der Waals surface area contributed by atoms with Crippen molar-refractivity contribution < 1.29 is 19.4 Å². The van der Waals surface area contributed by atoms with Crippen LogP contribution >= 0.6 is 15.9 Å². The third-order valence-electron chi connectivity index (χ3n) is 2.19. The second-order valence-electron chi connectivity index (χ2n) is 4.00. The molecule has 0 aliphatic heterocycles. The van der Waals surface area contributed by atoms with E-state index in [0.717, 1.165) is 0 Å². The summed E-state index contributed by atoms with van der Waals surface area (Å²) >= 11 is 3.04. The highest BCUT2D eigenvalue weighted by atomic mass is 79.9. The second-order valence-corrected chi connectivity index (χ2v) is 4.86. The number of nitrogens with zero attached hydrogens (tertiary/aromatic N) is 3. The molecule has 0 aromatic carbocycles. The van der Waals surface area contributed by atoms with Gasteiger partial charge in [-0.2, -0.15) is 0 Å². The lowest BCUT2D eigenvalue weighted by molar-refractivity contribution is 0.0689. The van der Waals surface area contributed by atoms with Crippen molar-refractivity contribution in [2.45, 2.75) is 19.9 Å². The van der Waals surface area contributed by atoms with Crippen molar-refractivity contribution in [1.29, 1.82) is 0 Å². The molecule has 7 nitrogen and oxygen atoms in total. The molecule has 0 radical (unpaired) electrons. The highest BCUT2D eigenvalue weighted by Gasteiger charge is 2.25. The van der Waals surface area contributed by atoms with E-state index in [4.69, 9.17) is 9.84 Å². The van der Waals surface area contributed by atoms with Crippen LogP contribution in [0.1, 0.15) is 24.3 Å². The summed E-state index contributed by atoms with van der Waals surface area (Å²) in [5.74, 6) is -1.25. The second kappa shape index (κ2) is 6.99. The first kappa shape index (κ1) is 16.1. The predicted octanol–water partition coefficient (Wildman–Crippen LogP) is 2.47. The first-order chi connectivity index (χ1) is 9.38. The van der Waals surface area contributed by atoms with Crippen LogP contribution in [0.2, 0.25) is 0 Å². The zero-order chi connectivity index (χ0) is 15.3. The lowest BCUT2D eigenvalue weighted by Crippen LogP contribution is -2.39. The van der Waals surface area contributed by atoms with Crippen molar-refractivity contribution in [2.75, 3.05) is 11.5 Å². The summed E-state index contributed by atoms with van der Waals surface area (Å²) in [6.07, 6.45) is 2.04. The van der Waals surface area contributed by atoms with E-state index in [1.54, 1.807) is 13.8 Å². The summed E-state index contributed by atoms with van der Waals surface area (Å²) in [5.41, 5.74) is -0.225. The Balaban J connectivity index is 3.15. The quantitative estimate of drug-likeness (QED) is 0.825. The summed E-state index contributed by atoms with van der Waals surface area (Å²) in [6, 6.07) is -0.296. The van der Waals surface area contributed by atoms with Gasteiger partial charge < -0.3 is 9.84 Å². The van der Waals surface area contributed by atoms with Gasteiger partial charge in [-0.15, -0.1) is 0 Å². The number of carboxylic acids is 1. The lowest BCUT2D eigenvalue weighted by atomic mass is 10.3. The first-order valence-electron chi connectivity index (χ1n) is 5.71. The normalized spacial score (nSPS) is 10.2. The molecule has 8 heteroatoms. The fourth-order valence-electron chi connectivity index (χ4n) is 1.35. The average Bonchev–Trinajstić information content (AvgIpc) is 2.37. The number of halogens is 1. The van der Waals surface area contributed by atoms with Crippen molar-refractivity contribution in [3.63, 3.8) is 0 Å². The van der Waals surface area contributed by atoms with Crippen molar-refractivity contribution in [2.24, 2.45) is 0 Å². The molecule has 0 atom stereocenters. The number of carbonyl (C=O) groups excluding carboxylic acids is 1. The van der Waals surface area contributed by atoms with Gasteiger partial charge in [0.25, 0.3) is 0 Å². The maximum Gasteiger partial charge on any atom is 0.417 e. The number of hydrogen-bond acceptors (Lipinski definition) is 5. The van der Waals surface area contributed by atoms with Gasteiger partial charge in [0.1, 0.15) is 6.61 Å². The predicted molar refractivity (Wildman–Crippen MR) is 75.9 cm³/mol. The third kappa shape index (κ3) is 3.77. The minimum absolute atomic E-state index is 0.0327. The Hall–Kier alpha value is -1.96. The first-order valence-corrected chi connectivity index (χ1v) is 6.50. The number of carboxylic acid groups (broad SMARTS) is 1. The van der Waals surface area contributed by atoms with Crippen molar-refractivity contribution >= 4 is 33.9 Å². The Morgan fingerprint density at radius 3 is 2.75 bits per heavy atom. The maximum absolute atomic E-state index is 11.9. The van der Waals surface area contributed by atoms with Crippen LogP contribution in [0.15, 0.2) is 23.3 Å². The molecule has 1 heterocycles. The molecule has 0 spiro atoms. The molecule has 0 aliphatic rings. The minimum Gasteiger partial charge on any atom is -0.476 e. The van der Waals surface area contributed by atoms with Gasteiger partial charge in [0.2, 0.25) is 5.95 Å². The molecule has 1 rings (SSSR count). The zero-order valence-corrected chi connectivity index (χ0v) is 12.6. The number of aromatic carboxylic acids is 1. The van der Waals surface area contributed by atoms with E-state index in [9.17, 15) is 9.59 Å². The van der Waals surface area contributed by atoms with Crippen LogP contribution in [-0.4, -0.2) is 39.8 Å². The summed E-state index contributed by atoms with van der Waals surface area (Å²) in [4.78, 5) is 32.0. The number of amides is 1. The Kier molecular flexibility index (Phi) is 5.63. The minimum atomic E-state index is -1.22. The molecule has 20 heavy (non-hydrogen) atoms. The molecule has 0 aliphatic carbocycles. The van der Waals surface area contributed by atoms with Crippen LogP contribution in [0.5, 0.6) is 0 Å². The number of hydrogen-bond donors (Lipinski definition) is 1. The van der Waals surface area contributed by atoms with Crippen LogP contribution in [0.4, 0.5) is 10.7 Å². The fraction of sp³-hybridized carbons (Fsp3) is 0.333. The fourth-order valence-corrected chi connectivity index (χ4v) is 1.71. The Morgan fingerprint density at radius 2 is 2.25 bits per heavy atom. The molecule has 0 bridgehead atoms. The summed E-state index contributed by atoms with van der Waals surface area (Å²) < 4.78 is 5.16. The monoisotopic (exact) mass is 343 g/mol. The van der Waals surface area contributed by atoms with Crippen LogP contribution in [-0.2, 0) is 4.74 Å². The summed E-state index contributed by atoms with van der Waals surface area (Å²) in [5, 5.41) is 9.02. The topological polar surface area (TPSA) is 92.6 Å². The Morgan fingerprint density at radius 1 is 1.60 bits per heavy atom. The van der Waals surface area contributed by atoms with Crippen LogP contribution in [0, 0.1) is 0 Å². The van der Waals surface area contributed by atoms with E-state index in [-0.39, 0.29) is 28.8 Å². The lowest BCUT2D eigenvalue weighted by Gasteiger charge is -2.23. The summed E-state index contributed by atoms with van der Waals surface area (Å²) in [7, 11) is 0. The van der Waals surface area contributed by atoms with Crippen molar-refractivity contribution in [3.05, 3.63) is 29.0 Å². The molecule has 108 valence electrons. The van der Waals surface area contributed by atoms with Crippen molar-refractivity contribution in [3.8, 4) is 0 Å². The molecule has 1 aromatic heterocycles. The largest absolute Gasteiger partial charge is 0.476 e. The third-order valence-corrected chi connectivity index (χ3v) is 2.77. The maximum atomic E-state index is 11.9. The van der Waals surface area contributed by atoms with E-state index in [1.807, 2.05) is 0 Å².